The second-order valence-electron chi connectivity index (χ2n) is 3.39. The Morgan fingerprint density at radius 1 is 1.12 bits per heavy atom. The van der Waals surface area contributed by atoms with Gasteiger partial charge in [0.05, 0.1) is 4.21 Å². The van der Waals surface area contributed by atoms with Crippen LogP contribution in [-0.4, -0.2) is 13.0 Å². The van der Waals surface area contributed by atoms with E-state index in [1.165, 1.54) is 14.6 Å². The predicted octanol–water partition coefficient (Wildman–Crippen LogP) is 3.87. The summed E-state index contributed by atoms with van der Waals surface area (Å²) in [6.07, 6.45) is 2.09. The van der Waals surface area contributed by atoms with Crippen LogP contribution in [0.3, 0.4) is 0 Å². The van der Waals surface area contributed by atoms with Gasteiger partial charge in [-0.05, 0) is 42.2 Å². The summed E-state index contributed by atoms with van der Waals surface area (Å²) in [5.41, 5.74) is 1.19. The van der Waals surface area contributed by atoms with Gasteiger partial charge in [-0.15, -0.1) is 23.1 Å². The maximum Gasteiger partial charge on any atom is 0.231 e. The third-order valence-corrected chi connectivity index (χ3v) is 4.66. The van der Waals surface area contributed by atoms with Crippen molar-refractivity contribution in [3.05, 3.63) is 30.3 Å². The smallest absolute Gasteiger partial charge is 0.231 e. The molecule has 0 atom stereocenters. The standard InChI is InChI=1S/C12H10O2S2/c1-15-12-5-4-11(16-12)8-2-3-9-10(6-8)14-7-13-9/h2-6H,7H2,1H3. The molecule has 0 unspecified atom stereocenters. The van der Waals surface area contributed by atoms with Gasteiger partial charge in [0.15, 0.2) is 11.5 Å². The van der Waals surface area contributed by atoms with Crippen molar-refractivity contribution in [3.63, 3.8) is 0 Å². The van der Waals surface area contributed by atoms with Crippen LogP contribution in [0.4, 0.5) is 0 Å². The molecule has 1 aliphatic heterocycles. The zero-order valence-corrected chi connectivity index (χ0v) is 10.4. The minimum absolute atomic E-state index is 0.333. The Hall–Kier alpha value is -1.13. The lowest BCUT2D eigenvalue weighted by atomic mass is 10.2. The molecule has 3 rings (SSSR count). The van der Waals surface area contributed by atoms with Crippen LogP contribution in [0.5, 0.6) is 11.5 Å². The van der Waals surface area contributed by atoms with E-state index in [0.717, 1.165) is 11.5 Å². The van der Waals surface area contributed by atoms with Crippen molar-refractivity contribution < 1.29 is 9.47 Å². The topological polar surface area (TPSA) is 18.5 Å². The molecule has 2 aromatic rings. The summed E-state index contributed by atoms with van der Waals surface area (Å²) in [5.74, 6) is 1.68. The first-order valence-corrected chi connectivity index (χ1v) is 6.95. The largest absolute Gasteiger partial charge is 0.454 e. The molecule has 0 aliphatic carbocycles. The fraction of sp³-hybridized carbons (Fsp3) is 0.167. The third kappa shape index (κ3) is 1.68. The third-order valence-electron chi connectivity index (χ3n) is 2.44. The van der Waals surface area contributed by atoms with Gasteiger partial charge >= 0.3 is 0 Å². The van der Waals surface area contributed by atoms with E-state index in [1.807, 2.05) is 12.1 Å². The summed E-state index contributed by atoms with van der Waals surface area (Å²) >= 11 is 3.57. The Morgan fingerprint density at radius 3 is 2.81 bits per heavy atom. The monoisotopic (exact) mass is 250 g/mol. The SMILES string of the molecule is CSc1ccc(-c2ccc3c(c2)OCO3)s1. The van der Waals surface area contributed by atoms with Gasteiger partial charge in [0, 0.05) is 4.88 Å². The van der Waals surface area contributed by atoms with Gasteiger partial charge in [-0.25, -0.2) is 0 Å². The molecule has 2 heterocycles. The molecule has 1 aliphatic rings. The number of thiophene rings is 1. The molecule has 0 fully saturated rings. The molecule has 82 valence electrons. The Morgan fingerprint density at radius 2 is 2.00 bits per heavy atom. The number of fused-ring (bicyclic) bond motifs is 1. The van der Waals surface area contributed by atoms with Crippen LogP contribution in [0.1, 0.15) is 0 Å². The average Bonchev–Trinajstić information content (AvgIpc) is 2.96. The molecular formula is C12H10O2S2. The van der Waals surface area contributed by atoms with Crippen molar-refractivity contribution in [1.82, 2.24) is 0 Å². The molecule has 1 aromatic carbocycles. The molecule has 0 amide bonds. The van der Waals surface area contributed by atoms with E-state index >= 15 is 0 Å². The molecule has 0 spiro atoms. The molecule has 2 nitrogen and oxygen atoms in total. The highest BCUT2D eigenvalue weighted by molar-refractivity contribution is 8.00. The molecule has 0 saturated heterocycles. The lowest BCUT2D eigenvalue weighted by molar-refractivity contribution is 0.174. The van der Waals surface area contributed by atoms with E-state index in [9.17, 15) is 0 Å². The summed E-state index contributed by atoms with van der Waals surface area (Å²) in [7, 11) is 0. The van der Waals surface area contributed by atoms with Crippen molar-refractivity contribution >= 4 is 23.1 Å². The Balaban J connectivity index is 2.00. The van der Waals surface area contributed by atoms with Crippen molar-refractivity contribution in [3.8, 4) is 21.9 Å². The average molecular weight is 250 g/mol. The summed E-state index contributed by atoms with van der Waals surface area (Å²) in [5, 5.41) is 0. The van der Waals surface area contributed by atoms with E-state index < -0.39 is 0 Å². The second kappa shape index (κ2) is 4.03. The van der Waals surface area contributed by atoms with Gasteiger partial charge in [-0.2, -0.15) is 0 Å². The number of hydrogen-bond acceptors (Lipinski definition) is 4. The first-order chi connectivity index (χ1) is 7.86. The van der Waals surface area contributed by atoms with Crippen molar-refractivity contribution in [2.75, 3.05) is 13.0 Å². The molecule has 0 N–H and O–H groups in total. The van der Waals surface area contributed by atoms with Gasteiger partial charge in [-0.1, -0.05) is 0 Å². The maximum absolute atomic E-state index is 5.37. The summed E-state index contributed by atoms with van der Waals surface area (Å²) < 4.78 is 12.0. The number of rotatable bonds is 2. The van der Waals surface area contributed by atoms with Crippen LogP contribution in [0.25, 0.3) is 10.4 Å². The number of hydrogen-bond donors (Lipinski definition) is 0. The molecular weight excluding hydrogens is 240 g/mol. The second-order valence-corrected chi connectivity index (χ2v) is 5.58. The Bertz CT molecular complexity index is 519. The molecule has 16 heavy (non-hydrogen) atoms. The number of thioether (sulfide) groups is 1. The van der Waals surface area contributed by atoms with E-state index in [0.29, 0.717) is 6.79 Å². The summed E-state index contributed by atoms with van der Waals surface area (Å²) in [6.45, 7) is 0.333. The highest BCUT2D eigenvalue weighted by Crippen LogP contribution is 2.39. The van der Waals surface area contributed by atoms with E-state index in [2.05, 4.69) is 24.5 Å². The van der Waals surface area contributed by atoms with Crippen LogP contribution >= 0.6 is 23.1 Å². The number of benzene rings is 1. The highest BCUT2D eigenvalue weighted by Gasteiger charge is 2.14. The van der Waals surface area contributed by atoms with Gasteiger partial charge in [0.25, 0.3) is 0 Å². The van der Waals surface area contributed by atoms with E-state index in [1.54, 1.807) is 23.1 Å². The van der Waals surface area contributed by atoms with Gasteiger partial charge in [0.2, 0.25) is 6.79 Å². The minimum atomic E-state index is 0.333. The lowest BCUT2D eigenvalue weighted by Crippen LogP contribution is -1.92. The Labute approximate surface area is 102 Å². The highest BCUT2D eigenvalue weighted by atomic mass is 32.2. The van der Waals surface area contributed by atoms with E-state index in [4.69, 9.17) is 9.47 Å². The predicted molar refractivity (Wildman–Crippen MR) is 67.7 cm³/mol. The zero-order valence-electron chi connectivity index (χ0n) is 8.73. The summed E-state index contributed by atoms with van der Waals surface area (Å²) in [4.78, 5) is 1.27. The van der Waals surface area contributed by atoms with Gasteiger partial charge in [-0.3, -0.25) is 0 Å². The van der Waals surface area contributed by atoms with Crippen LogP contribution in [-0.2, 0) is 0 Å². The zero-order chi connectivity index (χ0) is 11.0. The normalized spacial score (nSPS) is 13.1. The van der Waals surface area contributed by atoms with Gasteiger partial charge < -0.3 is 9.47 Å². The lowest BCUT2D eigenvalue weighted by Gasteiger charge is -1.99. The van der Waals surface area contributed by atoms with Crippen LogP contribution < -0.4 is 9.47 Å². The van der Waals surface area contributed by atoms with Crippen LogP contribution in [0.2, 0.25) is 0 Å². The van der Waals surface area contributed by atoms with Gasteiger partial charge in [0.1, 0.15) is 0 Å². The molecule has 0 bridgehead atoms. The first-order valence-electron chi connectivity index (χ1n) is 4.90. The van der Waals surface area contributed by atoms with Crippen LogP contribution in [0.15, 0.2) is 34.5 Å². The number of ether oxygens (including phenoxy) is 2. The molecule has 0 saturated carbocycles. The maximum atomic E-state index is 5.37. The van der Waals surface area contributed by atoms with Crippen molar-refractivity contribution in [2.24, 2.45) is 0 Å². The first kappa shape index (κ1) is 10.1. The van der Waals surface area contributed by atoms with Crippen LogP contribution in [0, 0.1) is 0 Å². The fourth-order valence-corrected chi connectivity index (χ4v) is 3.18. The van der Waals surface area contributed by atoms with E-state index in [-0.39, 0.29) is 0 Å². The molecule has 1 aromatic heterocycles. The molecule has 4 heteroatoms. The van der Waals surface area contributed by atoms with Crippen molar-refractivity contribution in [2.45, 2.75) is 4.21 Å². The minimum Gasteiger partial charge on any atom is -0.454 e. The molecule has 0 radical (unpaired) electrons. The quantitative estimate of drug-likeness (QED) is 0.754. The Kier molecular flexibility index (Phi) is 2.53. The summed E-state index contributed by atoms with van der Waals surface area (Å²) in [6, 6.07) is 10.4. The van der Waals surface area contributed by atoms with Crippen molar-refractivity contribution in [1.29, 1.82) is 0 Å². The fourth-order valence-electron chi connectivity index (χ4n) is 1.63.